The second-order valence-electron chi connectivity index (χ2n) is 3.15. The highest BCUT2D eigenvalue weighted by Crippen LogP contribution is 2.32. The van der Waals surface area contributed by atoms with Crippen LogP contribution in [0.1, 0.15) is 5.76 Å². The van der Waals surface area contributed by atoms with Crippen LogP contribution in [0.5, 0.6) is 5.75 Å². The van der Waals surface area contributed by atoms with Gasteiger partial charge in [-0.2, -0.15) is 13.2 Å². The van der Waals surface area contributed by atoms with E-state index in [9.17, 15) is 13.2 Å². The van der Waals surface area contributed by atoms with Crippen LogP contribution in [0.25, 0.3) is 11.0 Å². The number of phenols is 1. The molecule has 0 saturated heterocycles. The Morgan fingerprint density at radius 3 is 2.50 bits per heavy atom. The summed E-state index contributed by atoms with van der Waals surface area (Å²) in [4.78, 5) is 0. The second-order valence-corrected chi connectivity index (χ2v) is 3.59. The van der Waals surface area contributed by atoms with Crippen molar-refractivity contribution >= 4 is 23.2 Å². The van der Waals surface area contributed by atoms with E-state index >= 15 is 0 Å². The van der Waals surface area contributed by atoms with Crippen LogP contribution in [-0.4, -0.2) is 5.11 Å². The third-order valence-corrected chi connectivity index (χ3v) is 2.33. The molecular weight excluding hydrogens is 241 g/mol. The number of rotatable bonds is 0. The Labute approximate surface area is 92.9 Å². The van der Waals surface area contributed by atoms with Crippen molar-refractivity contribution < 1.29 is 22.7 Å². The summed E-state index contributed by atoms with van der Waals surface area (Å²) in [7, 11) is 0. The van der Waals surface area contributed by atoms with Gasteiger partial charge in [0.1, 0.15) is 11.3 Å². The number of halogens is 3. The van der Waals surface area contributed by atoms with Crippen molar-refractivity contribution in [2.45, 2.75) is 6.18 Å². The molecule has 6 heteroatoms. The Hall–Kier alpha value is -1.56. The van der Waals surface area contributed by atoms with Crippen molar-refractivity contribution in [2.24, 2.45) is 0 Å². The van der Waals surface area contributed by atoms with Gasteiger partial charge in [-0.1, -0.05) is 12.2 Å². The summed E-state index contributed by atoms with van der Waals surface area (Å²) < 4.78 is 41.9. The Morgan fingerprint density at radius 1 is 1.19 bits per heavy atom. The van der Waals surface area contributed by atoms with Crippen LogP contribution in [0.3, 0.4) is 0 Å². The molecule has 1 aromatic heterocycles. The molecule has 2 rings (SSSR count). The average molecular weight is 246 g/mol. The van der Waals surface area contributed by atoms with E-state index in [4.69, 9.17) is 17.3 Å². The molecule has 0 amide bonds. The Bertz CT molecular complexity index is 601. The van der Waals surface area contributed by atoms with Crippen molar-refractivity contribution in [2.75, 3.05) is 0 Å². The van der Waals surface area contributed by atoms with E-state index in [0.717, 1.165) is 12.1 Å². The number of fused-ring (bicyclic) bond motifs is 1. The molecule has 0 atom stereocenters. The maximum absolute atomic E-state index is 12.4. The molecule has 0 aliphatic heterocycles. The van der Waals surface area contributed by atoms with E-state index in [1.165, 1.54) is 12.1 Å². The smallest absolute Gasteiger partial charge is 0.449 e. The van der Waals surface area contributed by atoms with Crippen LogP contribution in [0.4, 0.5) is 13.2 Å². The van der Waals surface area contributed by atoms with Crippen LogP contribution >= 0.6 is 12.2 Å². The van der Waals surface area contributed by atoms with E-state index in [1.54, 1.807) is 0 Å². The van der Waals surface area contributed by atoms with Crippen molar-refractivity contribution in [3.05, 3.63) is 34.5 Å². The van der Waals surface area contributed by atoms with Gasteiger partial charge in [0.25, 0.3) is 0 Å². The Kier molecular flexibility index (Phi) is 2.38. The molecule has 0 saturated carbocycles. The van der Waals surface area contributed by atoms with Gasteiger partial charge in [-0.15, -0.1) is 0 Å². The van der Waals surface area contributed by atoms with Gasteiger partial charge in [0.2, 0.25) is 5.76 Å². The van der Waals surface area contributed by atoms with E-state index in [-0.39, 0.29) is 15.8 Å². The molecule has 2 nitrogen and oxygen atoms in total. The minimum atomic E-state index is -4.59. The summed E-state index contributed by atoms with van der Waals surface area (Å²) in [6.45, 7) is 0. The van der Waals surface area contributed by atoms with Gasteiger partial charge < -0.3 is 9.52 Å². The van der Waals surface area contributed by atoms with E-state index < -0.39 is 11.9 Å². The molecular formula is C10H5F3O2S. The molecule has 16 heavy (non-hydrogen) atoms. The quantitative estimate of drug-likeness (QED) is 0.716. The van der Waals surface area contributed by atoms with Gasteiger partial charge in [0, 0.05) is 17.5 Å². The van der Waals surface area contributed by atoms with E-state index in [0.29, 0.717) is 5.39 Å². The zero-order valence-electron chi connectivity index (χ0n) is 7.71. The van der Waals surface area contributed by atoms with Gasteiger partial charge >= 0.3 is 6.18 Å². The van der Waals surface area contributed by atoms with Gasteiger partial charge in [-0.25, -0.2) is 0 Å². The van der Waals surface area contributed by atoms with Crippen molar-refractivity contribution in [3.8, 4) is 5.75 Å². The normalized spacial score (nSPS) is 11.9. The number of phenolic OH excluding ortho intramolecular Hbond substituents is 1. The van der Waals surface area contributed by atoms with Crippen molar-refractivity contribution in [1.82, 2.24) is 0 Å². The molecule has 2 aromatic rings. The van der Waals surface area contributed by atoms with Gasteiger partial charge in [-0.3, -0.25) is 0 Å². The maximum atomic E-state index is 12.4. The number of benzene rings is 1. The first-order chi connectivity index (χ1) is 7.38. The summed E-state index contributed by atoms with van der Waals surface area (Å²) in [5.41, 5.74) is -0.0835. The Balaban J connectivity index is 2.80. The van der Waals surface area contributed by atoms with E-state index in [2.05, 4.69) is 4.42 Å². The number of hydrogen-bond acceptors (Lipinski definition) is 3. The lowest BCUT2D eigenvalue weighted by Crippen LogP contribution is -2.04. The number of hydrogen-bond donors (Lipinski definition) is 1. The minimum absolute atomic E-state index is 0.0357. The summed E-state index contributed by atoms with van der Waals surface area (Å²) in [5, 5.41) is 9.50. The van der Waals surface area contributed by atoms with Crippen LogP contribution < -0.4 is 0 Å². The largest absolute Gasteiger partial charge is 0.508 e. The zero-order valence-corrected chi connectivity index (χ0v) is 8.52. The SMILES string of the molecule is Oc1ccc2c(=S)cc(C(F)(F)F)oc2c1. The van der Waals surface area contributed by atoms with Crippen LogP contribution in [0.15, 0.2) is 28.7 Å². The van der Waals surface area contributed by atoms with E-state index in [1.807, 2.05) is 0 Å². The topological polar surface area (TPSA) is 33.4 Å². The van der Waals surface area contributed by atoms with Crippen molar-refractivity contribution in [3.63, 3.8) is 0 Å². The molecule has 1 aromatic carbocycles. The molecule has 0 radical (unpaired) electrons. The highest BCUT2D eigenvalue weighted by Gasteiger charge is 2.34. The lowest BCUT2D eigenvalue weighted by molar-refractivity contribution is -0.152. The second kappa shape index (κ2) is 3.48. The molecule has 0 fully saturated rings. The first-order valence-corrected chi connectivity index (χ1v) is 4.63. The standard InChI is InChI=1S/C10H5F3O2S/c11-10(12,13)9-4-8(16)6-2-1-5(14)3-7(6)15-9/h1-4,14H. The Morgan fingerprint density at radius 2 is 1.88 bits per heavy atom. The third-order valence-electron chi connectivity index (χ3n) is 1.99. The molecule has 84 valence electrons. The summed E-state index contributed by atoms with van der Waals surface area (Å²) in [6, 6.07) is 4.60. The van der Waals surface area contributed by atoms with Crippen LogP contribution in [0.2, 0.25) is 0 Å². The predicted octanol–water partition coefficient (Wildman–Crippen LogP) is 3.89. The highest BCUT2D eigenvalue weighted by molar-refractivity contribution is 7.71. The maximum Gasteiger partial charge on any atom is 0.449 e. The van der Waals surface area contributed by atoms with Crippen LogP contribution in [-0.2, 0) is 6.18 Å². The molecule has 1 heterocycles. The fourth-order valence-corrected chi connectivity index (χ4v) is 1.56. The minimum Gasteiger partial charge on any atom is -0.508 e. The lowest BCUT2D eigenvalue weighted by Gasteiger charge is -2.06. The molecule has 0 unspecified atom stereocenters. The monoisotopic (exact) mass is 246 g/mol. The first kappa shape index (κ1) is 10.9. The summed E-state index contributed by atoms with van der Waals surface area (Å²) in [5.74, 6) is -1.35. The average Bonchev–Trinajstić information content (AvgIpc) is 2.15. The van der Waals surface area contributed by atoms with Crippen LogP contribution in [0, 0.1) is 4.51 Å². The molecule has 0 bridgehead atoms. The van der Waals surface area contributed by atoms with Gasteiger partial charge in [0.15, 0.2) is 0 Å². The van der Waals surface area contributed by atoms with Gasteiger partial charge in [-0.05, 0) is 12.1 Å². The number of aromatic hydroxyl groups is 1. The highest BCUT2D eigenvalue weighted by atomic mass is 32.1. The fraction of sp³-hybridized carbons (Fsp3) is 0.100. The summed E-state index contributed by atoms with van der Waals surface area (Å²) in [6.07, 6.45) is -4.59. The summed E-state index contributed by atoms with van der Waals surface area (Å²) >= 11 is 4.81. The fourth-order valence-electron chi connectivity index (χ4n) is 1.28. The number of alkyl halides is 3. The molecule has 0 aliphatic rings. The molecule has 0 aliphatic carbocycles. The molecule has 1 N–H and O–H groups in total. The predicted molar refractivity (Wildman–Crippen MR) is 53.7 cm³/mol. The molecule has 0 spiro atoms. The van der Waals surface area contributed by atoms with Crippen molar-refractivity contribution in [1.29, 1.82) is 0 Å². The van der Waals surface area contributed by atoms with Gasteiger partial charge in [0.05, 0.1) is 4.51 Å². The first-order valence-electron chi connectivity index (χ1n) is 4.22. The zero-order chi connectivity index (χ0) is 11.9. The lowest BCUT2D eigenvalue weighted by atomic mass is 10.2. The third kappa shape index (κ3) is 1.88.